The first-order chi connectivity index (χ1) is 50.3. The Labute approximate surface area is 654 Å². The largest absolute Gasteiger partial charge is 0.444 e. The maximum Gasteiger partial charge on any atom is 0.425 e. The van der Waals surface area contributed by atoms with Crippen molar-refractivity contribution in [3.63, 3.8) is 0 Å². The normalized spacial score (nSPS) is 11.4. The number of hydrogen-bond donors (Lipinski definition) is 3. The van der Waals surface area contributed by atoms with Crippen molar-refractivity contribution in [1.82, 2.24) is 40.4 Å². The van der Waals surface area contributed by atoms with Crippen LogP contribution in [0.15, 0.2) is 177 Å². The Morgan fingerprint density at radius 3 is 1.19 bits per heavy atom. The van der Waals surface area contributed by atoms with Crippen LogP contribution in [0.2, 0.25) is 0 Å². The molecule has 8 rings (SSSR count). The van der Waals surface area contributed by atoms with Crippen LogP contribution in [0.5, 0.6) is 0 Å². The number of nitrogens with zero attached hydrogens (tertiary/aromatic N) is 7. The van der Waals surface area contributed by atoms with Gasteiger partial charge in [-0.15, -0.1) is 0 Å². The number of sulfone groups is 2. The number of halogens is 2. The first kappa shape index (κ1) is 89.1. The highest BCUT2D eigenvalue weighted by Crippen LogP contribution is 2.29. The molecule has 0 saturated heterocycles. The molecular weight excluding hydrogens is 1540 g/mol. The Balaban J connectivity index is 0.000000304. The molecule has 6 aromatic carbocycles. The third-order valence-corrected chi connectivity index (χ3v) is 19.7. The predicted octanol–water partition coefficient (Wildman–Crippen LogP) is 16.8. The molecule has 22 nitrogen and oxygen atoms in total. The van der Waals surface area contributed by atoms with E-state index in [9.17, 15) is 36.0 Å². The molecule has 0 aliphatic heterocycles. The number of benzene rings is 6. The molecule has 0 saturated carbocycles. The Kier molecular flexibility index (Phi) is 32.6. The molecule has 4 amide bonds. The average molecular weight is 1640 g/mol. The zero-order chi connectivity index (χ0) is 80.7. The third kappa shape index (κ3) is 29.6. The lowest BCUT2D eigenvalue weighted by Crippen LogP contribution is -2.44. The molecule has 0 radical (unpaired) electrons. The van der Waals surface area contributed by atoms with Crippen LogP contribution in [0, 0.1) is 23.7 Å². The molecule has 0 aliphatic rings. The van der Waals surface area contributed by atoms with E-state index in [2.05, 4.69) is 98.2 Å². The fourth-order valence-corrected chi connectivity index (χ4v) is 12.3. The smallest absolute Gasteiger partial charge is 0.425 e. The molecule has 2 aromatic heterocycles. The van der Waals surface area contributed by atoms with Crippen molar-refractivity contribution in [2.75, 3.05) is 38.8 Å². The summed E-state index contributed by atoms with van der Waals surface area (Å²) in [5.74, 6) is 12.1. The summed E-state index contributed by atoms with van der Waals surface area (Å²) in [7, 11) is 0.370. The number of rotatable bonds is 15. The molecule has 26 heteroatoms. The van der Waals surface area contributed by atoms with E-state index in [0.717, 1.165) is 49.9 Å². The Bertz CT molecular complexity index is 4750. The van der Waals surface area contributed by atoms with Gasteiger partial charge in [-0.1, -0.05) is 116 Å². The summed E-state index contributed by atoms with van der Waals surface area (Å²) in [6, 6.07) is 44.0. The summed E-state index contributed by atoms with van der Waals surface area (Å²) in [5.41, 5.74) is 11.1. The maximum atomic E-state index is 13.5. The summed E-state index contributed by atoms with van der Waals surface area (Å²) in [6.07, 6.45) is 0.0309. The van der Waals surface area contributed by atoms with E-state index in [4.69, 9.17) is 24.7 Å². The average Bonchev–Trinajstić information content (AvgIpc) is 0.795. The SMILES string of the molecule is CC(C)S(=O)(=O)c1ccc(-c2cnc(N(C(=O)OC(C)(C)C)C(=O)OC(C)(C)C)c(C#Cc3cccc(CN(C)C(=O)OC(C)(C)C)c3)n2)cc1.CN(Cc1cccc(Br)c1)C(=O)OC(C)(C)C.CNCc1cccc(Br)c1.CNCc1cccc(C#Cc2nc(-c3ccc(S(=O)(=O)C(C)C)cc3)cnc2N)c1. The monoisotopic (exact) mass is 1640 g/mol. The minimum Gasteiger partial charge on any atom is -0.444 e. The van der Waals surface area contributed by atoms with Crippen molar-refractivity contribution >= 4 is 87.5 Å². The van der Waals surface area contributed by atoms with Gasteiger partial charge in [0.15, 0.2) is 42.7 Å². The van der Waals surface area contributed by atoms with Crippen molar-refractivity contribution in [1.29, 1.82) is 0 Å². The van der Waals surface area contributed by atoms with Crippen molar-refractivity contribution in [2.24, 2.45) is 0 Å². The van der Waals surface area contributed by atoms with Crippen molar-refractivity contribution in [3.05, 3.63) is 212 Å². The zero-order valence-corrected chi connectivity index (χ0v) is 70.0. The van der Waals surface area contributed by atoms with Gasteiger partial charge in [0.1, 0.15) is 22.4 Å². The fourth-order valence-electron chi connectivity index (χ4n) is 9.25. The lowest BCUT2D eigenvalue weighted by atomic mass is 10.1. The van der Waals surface area contributed by atoms with Gasteiger partial charge in [-0.3, -0.25) is 0 Å². The van der Waals surface area contributed by atoms with Gasteiger partial charge >= 0.3 is 24.4 Å². The molecule has 0 fully saturated rings. The summed E-state index contributed by atoms with van der Waals surface area (Å²) >= 11 is 6.81. The van der Waals surface area contributed by atoms with Gasteiger partial charge in [-0.05, 0) is 232 Å². The van der Waals surface area contributed by atoms with E-state index in [-0.39, 0.29) is 39.8 Å². The highest BCUT2D eigenvalue weighted by molar-refractivity contribution is 9.10. The molecule has 2 heterocycles. The van der Waals surface area contributed by atoms with Crippen LogP contribution in [0.3, 0.4) is 0 Å². The summed E-state index contributed by atoms with van der Waals surface area (Å²) in [6.45, 7) is 29.9. The number of ether oxygens (including phenoxy) is 4. The van der Waals surface area contributed by atoms with Crippen molar-refractivity contribution in [3.8, 4) is 46.2 Å². The third-order valence-electron chi connectivity index (χ3n) is 14.4. The lowest BCUT2D eigenvalue weighted by molar-refractivity contribution is 0.0275. The quantitative estimate of drug-likeness (QED) is 0.0635. The topological polar surface area (TPSA) is 285 Å². The summed E-state index contributed by atoms with van der Waals surface area (Å²) < 4.78 is 74.0. The second-order valence-corrected chi connectivity index (χ2v) is 36.2. The molecule has 0 bridgehead atoms. The van der Waals surface area contributed by atoms with Crippen LogP contribution < -0.4 is 21.3 Å². The minimum absolute atomic E-state index is 0.0561. The molecular formula is C82H100Br2N10O12S2. The van der Waals surface area contributed by atoms with Gasteiger partial charge in [-0.25, -0.2) is 55.9 Å². The van der Waals surface area contributed by atoms with Crippen LogP contribution >= 0.6 is 31.9 Å². The summed E-state index contributed by atoms with van der Waals surface area (Å²) in [4.78, 5) is 73.3. The molecule has 108 heavy (non-hydrogen) atoms. The van der Waals surface area contributed by atoms with Gasteiger partial charge in [0, 0.05) is 71.5 Å². The number of nitrogens with one attached hydrogen (secondary N) is 2. The Hall–Kier alpha value is -9.54. The number of hydrogen-bond acceptors (Lipinski definition) is 19. The predicted molar refractivity (Wildman–Crippen MR) is 433 cm³/mol. The molecule has 8 aromatic rings. The fraction of sp³-hybridized carbons (Fsp3) is 0.366. The van der Waals surface area contributed by atoms with Crippen LogP contribution in [-0.4, -0.2) is 132 Å². The van der Waals surface area contributed by atoms with E-state index >= 15 is 0 Å². The first-order valence-corrected chi connectivity index (χ1v) is 39.3. The van der Waals surface area contributed by atoms with Crippen LogP contribution in [0.4, 0.5) is 30.8 Å². The molecule has 0 unspecified atom stereocenters. The van der Waals surface area contributed by atoms with E-state index < -0.39 is 70.9 Å². The van der Waals surface area contributed by atoms with Crippen LogP contribution in [0.1, 0.15) is 156 Å². The van der Waals surface area contributed by atoms with E-state index in [0.29, 0.717) is 39.7 Å². The van der Waals surface area contributed by atoms with Crippen LogP contribution in [0.25, 0.3) is 22.5 Å². The van der Waals surface area contributed by atoms with Gasteiger partial charge in [-0.2, -0.15) is 4.90 Å². The number of anilines is 2. The molecule has 0 spiro atoms. The van der Waals surface area contributed by atoms with E-state index in [1.165, 1.54) is 28.8 Å². The zero-order valence-electron chi connectivity index (χ0n) is 65.2. The molecule has 576 valence electrons. The second-order valence-electron chi connectivity index (χ2n) is 29.3. The number of imide groups is 1. The maximum absolute atomic E-state index is 13.5. The lowest BCUT2D eigenvalue weighted by Gasteiger charge is -2.28. The molecule has 4 N–H and O–H groups in total. The minimum atomic E-state index is -3.51. The summed E-state index contributed by atoms with van der Waals surface area (Å²) in [5, 5.41) is 5.12. The van der Waals surface area contributed by atoms with E-state index in [1.54, 1.807) is 170 Å². The number of carbonyl (C=O) groups excluding carboxylic acids is 4. The van der Waals surface area contributed by atoms with Gasteiger partial charge in [0.2, 0.25) is 0 Å². The Morgan fingerprint density at radius 1 is 0.463 bits per heavy atom. The number of nitrogens with two attached hydrogens (primary N) is 1. The number of amides is 4. The Morgan fingerprint density at radius 2 is 0.796 bits per heavy atom. The highest BCUT2D eigenvalue weighted by atomic mass is 79.9. The van der Waals surface area contributed by atoms with Crippen molar-refractivity contribution < 1.29 is 55.0 Å². The second kappa shape index (κ2) is 39.5. The van der Waals surface area contributed by atoms with E-state index in [1.807, 2.05) is 102 Å². The van der Waals surface area contributed by atoms with Crippen LogP contribution in [-0.2, 0) is 64.8 Å². The van der Waals surface area contributed by atoms with Gasteiger partial charge in [0.05, 0.1) is 44.1 Å². The number of carbonyl (C=O) groups is 4. The number of aromatic nitrogens is 4. The number of nitrogen functional groups attached to an aromatic ring is 1. The van der Waals surface area contributed by atoms with Crippen molar-refractivity contribution in [2.45, 2.75) is 180 Å². The highest BCUT2D eigenvalue weighted by Gasteiger charge is 2.36. The molecule has 0 aliphatic carbocycles. The van der Waals surface area contributed by atoms with Gasteiger partial charge in [0.25, 0.3) is 0 Å². The van der Waals surface area contributed by atoms with Gasteiger partial charge < -0.3 is 45.1 Å². The standard InChI is InChI=1S/C38H48N4O8S.C23H24N4O2S.C13H18BrNO2.C8H10BrN/c1-25(2)51(46,47)29-19-17-28(18-20-29)31-23-39-32(42(34(44)49-37(6,7)8)35(45)50-38(9,10)11)30(40-31)21-16-26-14-13-15-27(22-26)24-41(12)33(43)48-36(3,4)5;1-16(2)30(28,29)20-10-8-19(9-11-20)22-15-26-23(24)21(27-22)12-7-17-5-4-6-18(13-17)14-25-3;1-13(2,3)17-12(16)15(4)9-10-6-5-7-11(14)8-10;1-10-6-7-3-2-4-8(9)5-7/h13-15,17-20,22-23,25H,24H2,1-12H3;4-6,8-11,13,15-16,25H,14H2,1-3H3,(H2,24,26);5-8H,9H2,1-4H3;2-5,10H,6H2,1H3. The molecule has 0 atom stereocenters. The first-order valence-electron chi connectivity index (χ1n) is 34.6.